The van der Waals surface area contributed by atoms with Gasteiger partial charge in [0.2, 0.25) is 6.29 Å². The lowest BCUT2D eigenvalue weighted by Gasteiger charge is -2.41. The van der Waals surface area contributed by atoms with Gasteiger partial charge in [0, 0.05) is 24.0 Å². The number of carbonyl (C=O) groups excluding carboxylic acids is 2. The van der Waals surface area contributed by atoms with Crippen molar-refractivity contribution in [2.75, 3.05) is 48.3 Å². The molecule has 0 amide bonds. The number of aliphatic hydroxyl groups excluding tert-OH is 2. The van der Waals surface area contributed by atoms with Crippen molar-refractivity contribution in [3.63, 3.8) is 0 Å². The van der Waals surface area contributed by atoms with Crippen LogP contribution in [0.25, 0.3) is 12.2 Å². The highest BCUT2D eigenvalue weighted by Crippen LogP contribution is 2.51. The molecule has 3 heterocycles. The number of phenols is 3. The van der Waals surface area contributed by atoms with E-state index in [0.717, 1.165) is 23.3 Å². The average molecular weight is 873 g/mol. The normalized spacial score (nSPS) is 25.4. The maximum Gasteiger partial charge on any atom is 0.331 e. The predicted molar refractivity (Wildman–Crippen MR) is 222 cm³/mol. The zero-order valence-electron chi connectivity index (χ0n) is 34.7. The summed E-state index contributed by atoms with van der Waals surface area (Å²) in [4.78, 5) is 26.0. The first-order valence-corrected chi connectivity index (χ1v) is 19.8. The van der Waals surface area contributed by atoms with Gasteiger partial charge in [0.1, 0.15) is 24.9 Å². The lowest BCUT2D eigenvalue weighted by Crippen LogP contribution is -2.61. The molecule has 0 bridgehead atoms. The van der Waals surface area contributed by atoms with Crippen molar-refractivity contribution in [2.45, 2.75) is 42.9 Å². The Morgan fingerprint density at radius 1 is 0.619 bits per heavy atom. The number of fused-ring (bicyclic) bond motifs is 1. The second-order valence-corrected chi connectivity index (χ2v) is 14.9. The maximum absolute atomic E-state index is 13.1. The number of esters is 2. The number of ether oxygens (including phenoxy) is 10. The Hall–Kier alpha value is -6.50. The molecular weight excluding hydrogens is 824 g/mol. The minimum atomic E-state index is -1.79. The molecule has 17 heteroatoms. The van der Waals surface area contributed by atoms with Crippen molar-refractivity contribution in [3.05, 3.63) is 107 Å². The van der Waals surface area contributed by atoms with Crippen LogP contribution in [0.1, 0.15) is 34.5 Å². The molecule has 0 spiro atoms. The van der Waals surface area contributed by atoms with Crippen LogP contribution in [-0.2, 0) is 33.3 Å². The topological polar surface area (TPSA) is 228 Å². The summed E-state index contributed by atoms with van der Waals surface area (Å²) in [5.74, 6) is -0.801. The van der Waals surface area contributed by atoms with E-state index < -0.39 is 49.3 Å². The van der Waals surface area contributed by atoms with E-state index in [0.29, 0.717) is 30.1 Å². The van der Waals surface area contributed by atoms with E-state index in [1.165, 1.54) is 70.9 Å². The number of phenolic OH excluding ortho intramolecular Hbond substituents is 3. The average Bonchev–Trinajstić information content (AvgIpc) is 3.91. The maximum atomic E-state index is 13.1. The highest BCUT2D eigenvalue weighted by Gasteiger charge is 2.50. The zero-order valence-corrected chi connectivity index (χ0v) is 34.7. The van der Waals surface area contributed by atoms with Gasteiger partial charge < -0.3 is 72.9 Å². The molecular formula is C46H48O17. The van der Waals surface area contributed by atoms with Gasteiger partial charge in [-0.1, -0.05) is 24.3 Å². The third kappa shape index (κ3) is 9.93. The van der Waals surface area contributed by atoms with Crippen LogP contribution in [0.4, 0.5) is 0 Å². The van der Waals surface area contributed by atoms with Crippen LogP contribution < -0.4 is 23.7 Å². The van der Waals surface area contributed by atoms with Crippen molar-refractivity contribution >= 4 is 24.1 Å². The van der Waals surface area contributed by atoms with Crippen LogP contribution in [0.3, 0.4) is 0 Å². The van der Waals surface area contributed by atoms with E-state index in [4.69, 9.17) is 47.4 Å². The molecule has 17 nitrogen and oxygen atoms in total. The Balaban J connectivity index is 1.06. The van der Waals surface area contributed by atoms with E-state index >= 15 is 0 Å². The number of hydrogen-bond donors (Lipinski definition) is 5. The fourth-order valence-corrected chi connectivity index (χ4v) is 7.78. The summed E-state index contributed by atoms with van der Waals surface area (Å²) in [7, 11) is 5.68. The Labute approximate surface area is 362 Å². The van der Waals surface area contributed by atoms with Crippen LogP contribution in [0.2, 0.25) is 0 Å². The van der Waals surface area contributed by atoms with E-state index in [2.05, 4.69) is 0 Å². The molecule has 63 heavy (non-hydrogen) atoms. The molecule has 3 saturated heterocycles. The first kappa shape index (κ1) is 44.6. The van der Waals surface area contributed by atoms with E-state index in [9.17, 15) is 35.1 Å². The van der Waals surface area contributed by atoms with Gasteiger partial charge in [0.05, 0.1) is 53.9 Å². The SMILES string of the molecule is COc1cc(/C=C/C(=O)OC[C@H]2O[C@@H](Oc3ccc([C@@H]4OC[C@@H]5[C@H]4CO[C@H]5c4ccc(O)c(OC)c4)cc3OC)[C@H](O)[C@@H](O)[C@@H]2OC(=O)/C=C/c2ccc(O)c(OC)c2)ccc1O. The van der Waals surface area contributed by atoms with Crippen LogP contribution in [0.5, 0.6) is 46.0 Å². The van der Waals surface area contributed by atoms with Crippen molar-refractivity contribution in [3.8, 4) is 46.0 Å². The summed E-state index contributed by atoms with van der Waals surface area (Å²) in [5.41, 5.74) is 2.63. The highest BCUT2D eigenvalue weighted by molar-refractivity contribution is 5.88. The van der Waals surface area contributed by atoms with Gasteiger partial charge in [0.25, 0.3) is 0 Å². The summed E-state index contributed by atoms with van der Waals surface area (Å²) in [6.07, 6.45) is -3.69. The number of hydrogen-bond acceptors (Lipinski definition) is 17. The summed E-state index contributed by atoms with van der Waals surface area (Å²) >= 11 is 0. The first-order chi connectivity index (χ1) is 30.4. The largest absolute Gasteiger partial charge is 0.504 e. The molecule has 7 rings (SSSR count). The predicted octanol–water partition coefficient (Wildman–Crippen LogP) is 4.62. The van der Waals surface area contributed by atoms with Gasteiger partial charge in [-0.05, 0) is 82.9 Å². The third-order valence-electron chi connectivity index (χ3n) is 11.1. The molecule has 0 aliphatic carbocycles. The second kappa shape index (κ2) is 19.7. The van der Waals surface area contributed by atoms with Crippen LogP contribution >= 0.6 is 0 Å². The number of methoxy groups -OCH3 is 4. The van der Waals surface area contributed by atoms with Crippen molar-refractivity contribution < 1.29 is 82.5 Å². The minimum Gasteiger partial charge on any atom is -0.504 e. The molecule has 5 N–H and O–H groups in total. The zero-order chi connectivity index (χ0) is 44.8. The van der Waals surface area contributed by atoms with Gasteiger partial charge in [-0.3, -0.25) is 0 Å². The number of aliphatic hydroxyl groups is 2. The number of carbonyl (C=O) groups is 2. The summed E-state index contributed by atoms with van der Waals surface area (Å²) in [6.45, 7) is 0.286. The Morgan fingerprint density at radius 3 is 1.67 bits per heavy atom. The minimum absolute atomic E-state index is 0.00874. The van der Waals surface area contributed by atoms with Gasteiger partial charge >= 0.3 is 11.9 Å². The summed E-state index contributed by atoms with van der Waals surface area (Å²) < 4.78 is 57.0. The standard InChI is InChI=1S/C46H48O17/c1-54-34-17-24(5-11-30(34)47)7-15-39(50)58-23-38-45(63-40(51)16-8-25-6-12-31(48)35(18-25)55-2)41(52)42(53)46(62-38)61-33-14-10-27(20-37(33)57-4)44-29-22-59-43(28(29)21-60-44)26-9-13-32(49)36(19-26)56-3/h5-20,28-29,38,41-49,52-53H,21-23H2,1-4H3/b15-7+,16-8+/t28-,29-,38-,41-,42-,43+,44+,45-,46-/m1/s1. The molecule has 4 aromatic rings. The van der Waals surface area contributed by atoms with Crippen LogP contribution in [0.15, 0.2) is 84.9 Å². The molecule has 3 aliphatic heterocycles. The fraction of sp³-hybridized carbons (Fsp3) is 0.348. The van der Waals surface area contributed by atoms with Crippen molar-refractivity contribution in [2.24, 2.45) is 11.8 Å². The second-order valence-electron chi connectivity index (χ2n) is 14.9. The Kier molecular flexibility index (Phi) is 13.9. The highest BCUT2D eigenvalue weighted by atomic mass is 16.7. The summed E-state index contributed by atoms with van der Waals surface area (Å²) in [6, 6.07) is 19.1. The van der Waals surface area contributed by atoms with E-state index in [-0.39, 0.29) is 64.3 Å². The van der Waals surface area contributed by atoms with Crippen LogP contribution in [-0.4, -0.2) is 116 Å². The Morgan fingerprint density at radius 2 is 1.11 bits per heavy atom. The lowest BCUT2D eigenvalue weighted by molar-refractivity contribution is -0.281. The van der Waals surface area contributed by atoms with Crippen molar-refractivity contribution in [1.29, 1.82) is 0 Å². The molecule has 0 unspecified atom stereocenters. The molecule has 0 aromatic heterocycles. The van der Waals surface area contributed by atoms with Crippen molar-refractivity contribution in [1.82, 2.24) is 0 Å². The third-order valence-corrected chi connectivity index (χ3v) is 11.1. The van der Waals surface area contributed by atoms with E-state index in [1.54, 1.807) is 42.5 Å². The van der Waals surface area contributed by atoms with Crippen LogP contribution in [0, 0.1) is 11.8 Å². The van der Waals surface area contributed by atoms with Gasteiger partial charge in [-0.25, -0.2) is 9.59 Å². The quantitative estimate of drug-likeness (QED) is 0.0811. The van der Waals surface area contributed by atoms with Gasteiger partial charge in [0.15, 0.2) is 52.1 Å². The van der Waals surface area contributed by atoms with Gasteiger partial charge in [-0.15, -0.1) is 0 Å². The molecule has 334 valence electrons. The number of aromatic hydroxyl groups is 3. The summed E-state index contributed by atoms with van der Waals surface area (Å²) in [5, 5.41) is 52.6. The lowest BCUT2D eigenvalue weighted by atomic mass is 9.85. The molecule has 3 aliphatic rings. The molecule has 0 saturated carbocycles. The first-order valence-electron chi connectivity index (χ1n) is 19.8. The van der Waals surface area contributed by atoms with E-state index in [1.807, 2.05) is 0 Å². The van der Waals surface area contributed by atoms with Gasteiger partial charge in [-0.2, -0.15) is 0 Å². The number of benzene rings is 4. The number of rotatable bonds is 15. The Bertz CT molecular complexity index is 2330. The smallest absolute Gasteiger partial charge is 0.331 e. The fourth-order valence-electron chi connectivity index (χ4n) is 7.78. The molecule has 4 aromatic carbocycles. The molecule has 3 fully saturated rings. The monoisotopic (exact) mass is 872 g/mol. The molecule has 9 atom stereocenters. The molecule has 0 radical (unpaired) electrons.